The highest BCUT2D eigenvalue weighted by atomic mass is 19.1. The van der Waals surface area contributed by atoms with Gasteiger partial charge >= 0.3 is 0 Å². The van der Waals surface area contributed by atoms with Crippen molar-refractivity contribution in [3.63, 3.8) is 0 Å². The van der Waals surface area contributed by atoms with E-state index in [2.05, 4.69) is 6.58 Å². The Bertz CT molecular complexity index is 349. The number of benzene rings is 1. The van der Waals surface area contributed by atoms with Gasteiger partial charge in [-0.3, -0.25) is 10.1 Å². The summed E-state index contributed by atoms with van der Waals surface area (Å²) in [5.74, 6) is -0.598. The van der Waals surface area contributed by atoms with Gasteiger partial charge in [-0.1, -0.05) is 6.08 Å². The van der Waals surface area contributed by atoms with Crippen LogP contribution in [0.5, 0.6) is 0 Å². The molecule has 0 radical (unpaired) electrons. The normalized spacial score (nSPS) is 9.62. The van der Waals surface area contributed by atoms with Gasteiger partial charge in [-0.15, -0.1) is 6.58 Å². The third kappa shape index (κ3) is 2.11. The van der Waals surface area contributed by atoms with E-state index >= 15 is 0 Å². The Kier molecular flexibility index (Phi) is 2.74. The first-order valence-electron chi connectivity index (χ1n) is 3.69. The van der Waals surface area contributed by atoms with E-state index in [0.717, 1.165) is 6.07 Å². The monoisotopic (exact) mass is 181 g/mol. The van der Waals surface area contributed by atoms with Crippen LogP contribution in [0, 0.1) is 15.9 Å². The summed E-state index contributed by atoms with van der Waals surface area (Å²) >= 11 is 0. The molecular weight excluding hydrogens is 173 g/mol. The maximum atomic E-state index is 12.6. The van der Waals surface area contributed by atoms with Crippen LogP contribution in [0.4, 0.5) is 10.1 Å². The third-order valence-corrected chi connectivity index (χ3v) is 1.61. The van der Waals surface area contributed by atoms with Gasteiger partial charge in [0.05, 0.1) is 11.0 Å². The minimum atomic E-state index is -0.598. The molecule has 0 aliphatic carbocycles. The Morgan fingerprint density at radius 3 is 2.85 bits per heavy atom. The second-order valence-electron chi connectivity index (χ2n) is 2.52. The minimum absolute atomic E-state index is 0.195. The fraction of sp³-hybridized carbons (Fsp3) is 0.111. The van der Waals surface area contributed by atoms with Crippen LogP contribution in [0.2, 0.25) is 0 Å². The van der Waals surface area contributed by atoms with Gasteiger partial charge in [0.25, 0.3) is 5.69 Å². The zero-order valence-corrected chi connectivity index (χ0v) is 6.87. The number of nitro benzene ring substituents is 1. The number of rotatable bonds is 3. The molecule has 0 aliphatic rings. The molecule has 1 aromatic carbocycles. The summed E-state index contributed by atoms with van der Waals surface area (Å²) < 4.78 is 12.6. The van der Waals surface area contributed by atoms with Crippen molar-refractivity contribution in [3.8, 4) is 0 Å². The van der Waals surface area contributed by atoms with E-state index in [1.165, 1.54) is 12.1 Å². The first-order valence-corrected chi connectivity index (χ1v) is 3.69. The molecule has 1 aromatic rings. The van der Waals surface area contributed by atoms with Crippen LogP contribution in [0.25, 0.3) is 0 Å². The quantitative estimate of drug-likeness (QED) is 0.408. The van der Waals surface area contributed by atoms with Crippen molar-refractivity contribution >= 4 is 5.69 Å². The van der Waals surface area contributed by atoms with Gasteiger partial charge in [-0.25, -0.2) is 4.39 Å². The average Bonchev–Trinajstić information content (AvgIpc) is 2.08. The number of hydrogen-bond acceptors (Lipinski definition) is 2. The molecule has 0 unspecified atom stereocenters. The molecule has 4 heteroatoms. The Labute approximate surface area is 74.7 Å². The fourth-order valence-corrected chi connectivity index (χ4v) is 1.04. The van der Waals surface area contributed by atoms with Gasteiger partial charge in [0.1, 0.15) is 5.82 Å². The topological polar surface area (TPSA) is 43.1 Å². The third-order valence-electron chi connectivity index (χ3n) is 1.61. The van der Waals surface area contributed by atoms with Gasteiger partial charge < -0.3 is 0 Å². The average molecular weight is 181 g/mol. The molecule has 0 bridgehead atoms. The smallest absolute Gasteiger partial charge is 0.258 e. The maximum absolute atomic E-state index is 12.6. The Morgan fingerprint density at radius 1 is 1.62 bits per heavy atom. The maximum Gasteiger partial charge on any atom is 0.275 e. The Morgan fingerprint density at radius 2 is 2.31 bits per heavy atom. The molecule has 13 heavy (non-hydrogen) atoms. The van der Waals surface area contributed by atoms with Crippen molar-refractivity contribution in [2.45, 2.75) is 6.42 Å². The van der Waals surface area contributed by atoms with E-state index in [-0.39, 0.29) is 5.69 Å². The lowest BCUT2D eigenvalue weighted by atomic mass is 10.1. The van der Waals surface area contributed by atoms with Crippen LogP contribution in [0.1, 0.15) is 5.56 Å². The van der Waals surface area contributed by atoms with Crippen molar-refractivity contribution in [2.75, 3.05) is 0 Å². The molecule has 0 atom stereocenters. The molecule has 68 valence electrons. The Hall–Kier alpha value is -1.71. The van der Waals surface area contributed by atoms with E-state index < -0.39 is 10.7 Å². The summed E-state index contributed by atoms with van der Waals surface area (Å²) in [6.45, 7) is 3.46. The lowest BCUT2D eigenvalue weighted by Crippen LogP contribution is -1.95. The lowest BCUT2D eigenvalue weighted by molar-refractivity contribution is -0.385. The summed E-state index contributed by atoms with van der Waals surface area (Å²) in [5, 5.41) is 10.5. The summed E-state index contributed by atoms with van der Waals surface area (Å²) in [4.78, 5) is 9.86. The molecule has 0 saturated heterocycles. The molecule has 0 N–H and O–H groups in total. The first-order chi connectivity index (χ1) is 6.15. The predicted molar refractivity (Wildman–Crippen MR) is 47.0 cm³/mol. The standard InChI is InChI=1S/C9H8FNO2/c1-2-3-7-4-5-8(10)6-9(7)11(12)13/h2,4-6H,1,3H2. The second-order valence-corrected chi connectivity index (χ2v) is 2.52. The molecule has 0 amide bonds. The van der Waals surface area contributed by atoms with Gasteiger partial charge in [0.2, 0.25) is 0 Å². The number of halogens is 1. The van der Waals surface area contributed by atoms with Crippen LogP contribution >= 0.6 is 0 Å². The van der Waals surface area contributed by atoms with Gasteiger partial charge in [0.15, 0.2) is 0 Å². The molecule has 0 fully saturated rings. The summed E-state index contributed by atoms with van der Waals surface area (Å²) in [6, 6.07) is 3.51. The van der Waals surface area contributed by atoms with E-state index in [9.17, 15) is 14.5 Å². The van der Waals surface area contributed by atoms with Gasteiger partial charge in [0, 0.05) is 5.56 Å². The summed E-state index contributed by atoms with van der Waals surface area (Å²) in [6.07, 6.45) is 1.91. The van der Waals surface area contributed by atoms with E-state index in [1.807, 2.05) is 0 Å². The van der Waals surface area contributed by atoms with Crippen molar-refractivity contribution in [3.05, 3.63) is 52.3 Å². The molecule has 3 nitrogen and oxygen atoms in total. The van der Waals surface area contributed by atoms with E-state index in [0.29, 0.717) is 12.0 Å². The number of hydrogen-bond donors (Lipinski definition) is 0. The van der Waals surface area contributed by atoms with Crippen LogP contribution in [0.3, 0.4) is 0 Å². The molecule has 0 saturated carbocycles. The molecular formula is C9H8FNO2. The van der Waals surface area contributed by atoms with Crippen molar-refractivity contribution in [2.24, 2.45) is 0 Å². The number of nitrogens with zero attached hydrogens (tertiary/aromatic N) is 1. The van der Waals surface area contributed by atoms with E-state index in [4.69, 9.17) is 0 Å². The highest BCUT2D eigenvalue weighted by Gasteiger charge is 2.12. The highest BCUT2D eigenvalue weighted by molar-refractivity contribution is 5.41. The zero-order valence-electron chi connectivity index (χ0n) is 6.87. The number of nitro groups is 1. The Balaban J connectivity index is 3.17. The molecule has 1 rings (SSSR count). The summed E-state index contributed by atoms with van der Waals surface area (Å²) in [5.41, 5.74) is 0.279. The van der Waals surface area contributed by atoms with Crippen molar-refractivity contribution < 1.29 is 9.31 Å². The molecule has 0 heterocycles. The second kappa shape index (κ2) is 3.80. The van der Waals surface area contributed by atoms with Crippen molar-refractivity contribution in [1.82, 2.24) is 0 Å². The lowest BCUT2D eigenvalue weighted by Gasteiger charge is -1.98. The SMILES string of the molecule is C=CCc1ccc(F)cc1[N+](=O)[O-]. The number of allylic oxidation sites excluding steroid dienone is 1. The van der Waals surface area contributed by atoms with Crippen LogP contribution in [0.15, 0.2) is 30.9 Å². The predicted octanol–water partition coefficient (Wildman–Crippen LogP) is 2.46. The fourth-order valence-electron chi connectivity index (χ4n) is 1.04. The minimum Gasteiger partial charge on any atom is -0.258 e. The van der Waals surface area contributed by atoms with Crippen LogP contribution in [-0.2, 0) is 6.42 Å². The summed E-state index contributed by atoms with van der Waals surface area (Å²) in [7, 11) is 0. The zero-order chi connectivity index (χ0) is 9.84. The van der Waals surface area contributed by atoms with Gasteiger partial charge in [-0.05, 0) is 18.6 Å². The van der Waals surface area contributed by atoms with Gasteiger partial charge in [-0.2, -0.15) is 0 Å². The first kappa shape index (κ1) is 9.38. The largest absolute Gasteiger partial charge is 0.275 e. The highest BCUT2D eigenvalue weighted by Crippen LogP contribution is 2.20. The van der Waals surface area contributed by atoms with Crippen LogP contribution < -0.4 is 0 Å². The molecule has 0 aliphatic heterocycles. The van der Waals surface area contributed by atoms with E-state index in [1.54, 1.807) is 6.08 Å². The van der Waals surface area contributed by atoms with Crippen LogP contribution in [-0.4, -0.2) is 4.92 Å². The van der Waals surface area contributed by atoms with Crippen molar-refractivity contribution in [1.29, 1.82) is 0 Å². The molecule has 0 spiro atoms. The molecule has 0 aromatic heterocycles.